The van der Waals surface area contributed by atoms with Crippen LogP contribution in [0.3, 0.4) is 0 Å². The van der Waals surface area contributed by atoms with Gasteiger partial charge in [0.05, 0.1) is 6.54 Å². The van der Waals surface area contributed by atoms with Crippen LogP contribution in [0.25, 0.3) is 0 Å². The third kappa shape index (κ3) is 3.23. The van der Waals surface area contributed by atoms with Gasteiger partial charge in [0.2, 0.25) is 0 Å². The van der Waals surface area contributed by atoms with Gasteiger partial charge in [-0.05, 0) is 6.92 Å². The van der Waals surface area contributed by atoms with E-state index in [1.807, 2.05) is 12.3 Å². The largest absolute Gasteiger partial charge is 0.363 e. The van der Waals surface area contributed by atoms with E-state index in [4.69, 9.17) is 5.84 Å². The van der Waals surface area contributed by atoms with Gasteiger partial charge in [-0.2, -0.15) is 0 Å². The fourth-order valence-electron chi connectivity index (χ4n) is 1.66. The average Bonchev–Trinajstić information content (AvgIpc) is 2.89. The summed E-state index contributed by atoms with van der Waals surface area (Å²) in [5, 5.41) is 6.28. The number of aromatic nitrogens is 3. The second kappa shape index (κ2) is 5.72. The molecule has 2 rings (SSSR count). The van der Waals surface area contributed by atoms with Crippen molar-refractivity contribution in [2.24, 2.45) is 5.84 Å². The van der Waals surface area contributed by atoms with Crippen molar-refractivity contribution in [1.82, 2.24) is 15.0 Å². The number of nitrogens with one attached hydrogen (secondary N) is 2. The monoisotopic (exact) mass is 292 g/mol. The maximum atomic E-state index is 5.54. The van der Waals surface area contributed by atoms with Gasteiger partial charge in [0.1, 0.15) is 22.5 Å². The summed E-state index contributed by atoms with van der Waals surface area (Å²) in [5.41, 5.74) is 3.40. The normalized spacial score (nSPS) is 11.4. The number of hydrazine groups is 1. The third-order valence-electron chi connectivity index (χ3n) is 2.84. The second-order valence-electron chi connectivity index (χ2n) is 5.54. The van der Waals surface area contributed by atoms with Crippen molar-refractivity contribution in [2.75, 3.05) is 10.7 Å². The van der Waals surface area contributed by atoms with Crippen LogP contribution >= 0.6 is 11.3 Å². The maximum Gasteiger partial charge on any atom is 0.148 e. The summed E-state index contributed by atoms with van der Waals surface area (Å²) in [6.45, 7) is 8.79. The molecule has 0 amide bonds. The lowest BCUT2D eigenvalue weighted by atomic mass is 9.95. The molecule has 108 valence electrons. The zero-order chi connectivity index (χ0) is 14.8. The molecule has 0 unspecified atom stereocenters. The van der Waals surface area contributed by atoms with Crippen molar-refractivity contribution in [3.05, 3.63) is 28.0 Å². The Morgan fingerprint density at radius 3 is 2.50 bits per heavy atom. The summed E-state index contributed by atoms with van der Waals surface area (Å²) in [4.78, 5) is 13.3. The molecule has 2 aromatic rings. The molecule has 0 aliphatic rings. The molecule has 0 aliphatic heterocycles. The fourth-order valence-corrected chi connectivity index (χ4v) is 2.22. The first-order valence-corrected chi connectivity index (χ1v) is 7.27. The Balaban J connectivity index is 2.30. The zero-order valence-corrected chi connectivity index (χ0v) is 13.0. The van der Waals surface area contributed by atoms with E-state index in [1.54, 1.807) is 17.5 Å². The summed E-state index contributed by atoms with van der Waals surface area (Å²) in [7, 11) is 0. The lowest BCUT2D eigenvalue weighted by molar-refractivity contribution is 0.546. The molecule has 7 heteroatoms. The minimum Gasteiger partial charge on any atom is -0.363 e. The topological polar surface area (TPSA) is 88.8 Å². The minimum atomic E-state index is -0.142. The van der Waals surface area contributed by atoms with Crippen LogP contribution in [0.5, 0.6) is 0 Å². The number of nitrogens with zero attached hydrogens (tertiary/aromatic N) is 3. The summed E-state index contributed by atoms with van der Waals surface area (Å²) < 4.78 is 0. The molecule has 2 aromatic heterocycles. The molecule has 4 N–H and O–H groups in total. The van der Waals surface area contributed by atoms with Crippen LogP contribution in [0.2, 0.25) is 0 Å². The van der Waals surface area contributed by atoms with E-state index < -0.39 is 0 Å². The Morgan fingerprint density at radius 1 is 1.25 bits per heavy atom. The number of rotatable bonds is 4. The van der Waals surface area contributed by atoms with Gasteiger partial charge >= 0.3 is 0 Å². The molecule has 0 atom stereocenters. The average molecular weight is 292 g/mol. The number of anilines is 2. The van der Waals surface area contributed by atoms with Gasteiger partial charge in [-0.1, -0.05) is 20.8 Å². The van der Waals surface area contributed by atoms with Crippen LogP contribution in [0, 0.1) is 6.92 Å². The second-order valence-corrected chi connectivity index (χ2v) is 6.52. The number of thiazole rings is 1. The van der Waals surface area contributed by atoms with Crippen LogP contribution < -0.4 is 16.6 Å². The van der Waals surface area contributed by atoms with Crippen LogP contribution in [0.4, 0.5) is 11.6 Å². The Bertz CT molecular complexity index is 573. The van der Waals surface area contributed by atoms with Gasteiger partial charge in [-0.15, -0.1) is 11.3 Å². The summed E-state index contributed by atoms with van der Waals surface area (Å²) >= 11 is 1.61. The predicted octanol–water partition coefficient (Wildman–Crippen LogP) is 2.44. The van der Waals surface area contributed by atoms with Crippen molar-refractivity contribution >= 4 is 23.0 Å². The van der Waals surface area contributed by atoms with E-state index >= 15 is 0 Å². The first-order valence-electron chi connectivity index (χ1n) is 6.40. The minimum absolute atomic E-state index is 0.142. The molecule has 6 nitrogen and oxygen atoms in total. The zero-order valence-electron chi connectivity index (χ0n) is 12.2. The number of hydrogen-bond acceptors (Lipinski definition) is 7. The highest BCUT2D eigenvalue weighted by Crippen LogP contribution is 2.26. The molecular weight excluding hydrogens is 272 g/mol. The van der Waals surface area contributed by atoms with Gasteiger partial charge < -0.3 is 10.7 Å². The molecule has 0 saturated heterocycles. The van der Waals surface area contributed by atoms with E-state index in [0.717, 1.165) is 22.2 Å². The number of nitrogens with two attached hydrogens (primary N) is 1. The van der Waals surface area contributed by atoms with E-state index in [9.17, 15) is 0 Å². The molecule has 0 radical (unpaired) electrons. The molecule has 0 saturated carbocycles. The third-order valence-corrected chi connectivity index (χ3v) is 3.62. The van der Waals surface area contributed by atoms with E-state index in [0.29, 0.717) is 12.4 Å². The van der Waals surface area contributed by atoms with Crippen LogP contribution in [0.1, 0.15) is 37.2 Å². The number of hydrogen-bond donors (Lipinski definition) is 3. The Labute approximate surface area is 122 Å². The summed E-state index contributed by atoms with van der Waals surface area (Å²) in [6.07, 6.45) is 1.79. The smallest absolute Gasteiger partial charge is 0.148 e. The van der Waals surface area contributed by atoms with Gasteiger partial charge in [0.15, 0.2) is 0 Å². The van der Waals surface area contributed by atoms with Gasteiger partial charge in [-0.25, -0.2) is 20.8 Å². The Morgan fingerprint density at radius 2 is 1.95 bits per heavy atom. The highest BCUT2D eigenvalue weighted by Gasteiger charge is 2.21. The van der Waals surface area contributed by atoms with Crippen LogP contribution in [-0.2, 0) is 12.0 Å². The first-order chi connectivity index (χ1) is 9.41. The first kappa shape index (κ1) is 14.7. The molecule has 20 heavy (non-hydrogen) atoms. The van der Waals surface area contributed by atoms with Gasteiger partial charge in [0, 0.05) is 22.6 Å². The van der Waals surface area contributed by atoms with Crippen molar-refractivity contribution in [3.63, 3.8) is 0 Å². The highest BCUT2D eigenvalue weighted by molar-refractivity contribution is 7.09. The van der Waals surface area contributed by atoms with Gasteiger partial charge in [0.25, 0.3) is 0 Å². The molecule has 0 aromatic carbocycles. The fraction of sp³-hybridized carbons (Fsp3) is 0.462. The maximum absolute atomic E-state index is 5.54. The molecule has 0 bridgehead atoms. The quantitative estimate of drug-likeness (QED) is 0.592. The van der Waals surface area contributed by atoms with E-state index in [2.05, 4.69) is 46.5 Å². The Kier molecular flexibility index (Phi) is 4.20. The predicted molar refractivity (Wildman–Crippen MR) is 82.7 cm³/mol. The number of nitrogen functional groups attached to an aromatic ring is 1. The van der Waals surface area contributed by atoms with Crippen molar-refractivity contribution in [1.29, 1.82) is 0 Å². The van der Waals surface area contributed by atoms with Gasteiger partial charge in [-0.3, -0.25) is 0 Å². The molecule has 0 spiro atoms. The summed E-state index contributed by atoms with van der Waals surface area (Å²) in [5.74, 6) is 7.72. The van der Waals surface area contributed by atoms with Crippen LogP contribution in [0.15, 0.2) is 11.6 Å². The highest BCUT2D eigenvalue weighted by atomic mass is 32.1. The molecule has 0 aliphatic carbocycles. The van der Waals surface area contributed by atoms with E-state index in [1.165, 1.54) is 0 Å². The van der Waals surface area contributed by atoms with Crippen LogP contribution in [-0.4, -0.2) is 15.0 Å². The van der Waals surface area contributed by atoms with Crippen molar-refractivity contribution in [3.8, 4) is 0 Å². The van der Waals surface area contributed by atoms with E-state index in [-0.39, 0.29) is 5.41 Å². The Hall–Kier alpha value is -1.73. The molecule has 2 heterocycles. The SMILES string of the molecule is Cc1c(NN)nc(C(C)(C)C)nc1NCc1nccs1. The lowest BCUT2D eigenvalue weighted by Crippen LogP contribution is -2.21. The van der Waals surface area contributed by atoms with Crippen molar-refractivity contribution < 1.29 is 0 Å². The van der Waals surface area contributed by atoms with Crippen molar-refractivity contribution in [2.45, 2.75) is 39.7 Å². The molecular formula is C13H20N6S. The molecule has 0 fully saturated rings. The lowest BCUT2D eigenvalue weighted by Gasteiger charge is -2.20. The summed E-state index contributed by atoms with van der Waals surface area (Å²) in [6, 6.07) is 0. The standard InChI is InChI=1S/C13H20N6S/c1-8-10(16-7-9-15-5-6-20-9)17-12(13(2,3)4)18-11(8)19-14/h5-6H,7,14H2,1-4H3,(H2,16,17,18,19).